The van der Waals surface area contributed by atoms with Crippen LogP contribution >= 0.6 is 0 Å². The van der Waals surface area contributed by atoms with E-state index in [0.29, 0.717) is 0 Å². The van der Waals surface area contributed by atoms with Crippen molar-refractivity contribution in [1.82, 2.24) is 0 Å². The third-order valence-electron chi connectivity index (χ3n) is 2.92. The molecule has 0 bridgehead atoms. The van der Waals surface area contributed by atoms with E-state index in [0.717, 1.165) is 17.8 Å². The molecule has 0 fully saturated rings. The third-order valence-corrected chi connectivity index (χ3v) is 2.92. The lowest BCUT2D eigenvalue weighted by Gasteiger charge is -2.26. The molecular formula is C12H22. The number of hydrogen-bond donors (Lipinski definition) is 0. The molecule has 0 saturated carbocycles. The van der Waals surface area contributed by atoms with Crippen LogP contribution in [0.5, 0.6) is 0 Å². The topological polar surface area (TPSA) is 0 Å². The standard InChI is InChI=1S/C12H22/c1-9(2)7-12-6-5-10(3)8-11(12)4/h8-10,12H,5-7H2,1-4H3. The normalized spacial score (nSPS) is 30.6. The van der Waals surface area contributed by atoms with Gasteiger partial charge in [0.05, 0.1) is 0 Å². The molecule has 1 aliphatic rings. The fraction of sp³-hybridized carbons (Fsp3) is 0.833. The second-order valence-corrected chi connectivity index (χ2v) is 4.79. The zero-order valence-corrected chi connectivity index (χ0v) is 8.93. The molecule has 0 radical (unpaired) electrons. The van der Waals surface area contributed by atoms with Crippen LogP contribution in [0.3, 0.4) is 0 Å². The maximum atomic E-state index is 2.47. The summed E-state index contributed by atoms with van der Waals surface area (Å²) in [5.41, 5.74) is 1.64. The predicted octanol–water partition coefficient (Wildman–Crippen LogP) is 4.02. The van der Waals surface area contributed by atoms with Crippen LogP contribution in [-0.2, 0) is 0 Å². The molecule has 0 N–H and O–H groups in total. The summed E-state index contributed by atoms with van der Waals surface area (Å²) in [5.74, 6) is 2.57. The highest BCUT2D eigenvalue weighted by Gasteiger charge is 2.18. The lowest BCUT2D eigenvalue weighted by atomic mass is 9.80. The van der Waals surface area contributed by atoms with Crippen molar-refractivity contribution in [1.29, 1.82) is 0 Å². The van der Waals surface area contributed by atoms with Gasteiger partial charge in [0.25, 0.3) is 0 Å². The van der Waals surface area contributed by atoms with Crippen molar-refractivity contribution in [3.8, 4) is 0 Å². The van der Waals surface area contributed by atoms with Crippen LogP contribution in [0, 0.1) is 17.8 Å². The highest BCUT2D eigenvalue weighted by atomic mass is 14.2. The van der Waals surface area contributed by atoms with Crippen LogP contribution in [0.4, 0.5) is 0 Å². The summed E-state index contributed by atoms with van der Waals surface area (Å²) in [7, 11) is 0. The van der Waals surface area contributed by atoms with Gasteiger partial charge in [-0.1, -0.05) is 32.4 Å². The number of allylic oxidation sites excluding steroid dienone is 2. The first-order chi connectivity index (χ1) is 5.59. The minimum absolute atomic E-state index is 0.827. The van der Waals surface area contributed by atoms with E-state index in [1.54, 1.807) is 5.57 Å². The molecule has 0 heterocycles. The molecule has 0 aromatic rings. The summed E-state index contributed by atoms with van der Waals surface area (Å²) < 4.78 is 0. The quantitative estimate of drug-likeness (QED) is 0.543. The fourth-order valence-electron chi connectivity index (χ4n) is 2.23. The van der Waals surface area contributed by atoms with Gasteiger partial charge in [-0.25, -0.2) is 0 Å². The summed E-state index contributed by atoms with van der Waals surface area (Å²) in [6.45, 7) is 9.29. The first-order valence-electron chi connectivity index (χ1n) is 5.28. The second-order valence-electron chi connectivity index (χ2n) is 4.79. The predicted molar refractivity (Wildman–Crippen MR) is 55.1 cm³/mol. The SMILES string of the molecule is CC1=CC(C)CCC1CC(C)C. The van der Waals surface area contributed by atoms with Crippen LogP contribution in [0.2, 0.25) is 0 Å². The largest absolute Gasteiger partial charge is 0.0825 e. The van der Waals surface area contributed by atoms with E-state index in [1.807, 2.05) is 0 Å². The number of rotatable bonds is 2. The smallest absolute Gasteiger partial charge is 0.0203 e. The minimum atomic E-state index is 0.827. The highest BCUT2D eigenvalue weighted by molar-refractivity contribution is 5.08. The van der Waals surface area contributed by atoms with Crippen molar-refractivity contribution in [2.24, 2.45) is 17.8 Å². The average molecular weight is 166 g/mol. The van der Waals surface area contributed by atoms with Gasteiger partial charge in [-0.2, -0.15) is 0 Å². The zero-order chi connectivity index (χ0) is 9.14. The van der Waals surface area contributed by atoms with Gasteiger partial charge in [0.15, 0.2) is 0 Å². The summed E-state index contributed by atoms with van der Waals surface area (Å²) in [4.78, 5) is 0. The molecule has 0 nitrogen and oxygen atoms in total. The monoisotopic (exact) mass is 166 g/mol. The van der Waals surface area contributed by atoms with Gasteiger partial charge in [-0.3, -0.25) is 0 Å². The van der Waals surface area contributed by atoms with Crippen LogP contribution in [-0.4, -0.2) is 0 Å². The van der Waals surface area contributed by atoms with Crippen molar-refractivity contribution < 1.29 is 0 Å². The Morgan fingerprint density at radius 1 is 1.42 bits per heavy atom. The van der Waals surface area contributed by atoms with Crippen molar-refractivity contribution in [2.75, 3.05) is 0 Å². The number of hydrogen-bond acceptors (Lipinski definition) is 0. The molecule has 0 heteroatoms. The van der Waals surface area contributed by atoms with E-state index < -0.39 is 0 Å². The van der Waals surface area contributed by atoms with Crippen LogP contribution < -0.4 is 0 Å². The molecule has 12 heavy (non-hydrogen) atoms. The Bertz CT molecular complexity index is 165. The van der Waals surface area contributed by atoms with Crippen molar-refractivity contribution in [2.45, 2.75) is 47.0 Å². The van der Waals surface area contributed by atoms with E-state index >= 15 is 0 Å². The highest BCUT2D eigenvalue weighted by Crippen LogP contribution is 2.32. The molecule has 0 spiro atoms. The first-order valence-corrected chi connectivity index (χ1v) is 5.28. The maximum absolute atomic E-state index is 2.47. The molecule has 2 unspecified atom stereocenters. The zero-order valence-electron chi connectivity index (χ0n) is 8.93. The third kappa shape index (κ3) is 2.66. The molecule has 70 valence electrons. The van der Waals surface area contributed by atoms with E-state index in [1.165, 1.54) is 19.3 Å². The molecule has 0 aromatic carbocycles. The molecule has 2 atom stereocenters. The summed E-state index contributed by atoms with van der Waals surface area (Å²) >= 11 is 0. The van der Waals surface area contributed by atoms with Crippen molar-refractivity contribution in [3.05, 3.63) is 11.6 Å². The Morgan fingerprint density at radius 2 is 2.08 bits per heavy atom. The lowest BCUT2D eigenvalue weighted by molar-refractivity contribution is 0.383. The van der Waals surface area contributed by atoms with E-state index in [9.17, 15) is 0 Å². The van der Waals surface area contributed by atoms with Crippen LogP contribution in [0.15, 0.2) is 11.6 Å². The van der Waals surface area contributed by atoms with Crippen LogP contribution in [0.25, 0.3) is 0 Å². The summed E-state index contributed by atoms with van der Waals surface area (Å²) in [6, 6.07) is 0. The molecule has 0 saturated heterocycles. The summed E-state index contributed by atoms with van der Waals surface area (Å²) in [6.07, 6.45) is 6.67. The average Bonchev–Trinajstić information content (AvgIpc) is 1.94. The molecule has 1 rings (SSSR count). The molecule has 1 aliphatic carbocycles. The Morgan fingerprint density at radius 3 is 2.58 bits per heavy atom. The molecular weight excluding hydrogens is 144 g/mol. The molecule has 0 amide bonds. The lowest BCUT2D eigenvalue weighted by Crippen LogP contribution is -2.13. The maximum Gasteiger partial charge on any atom is -0.0203 e. The Kier molecular flexibility index (Phi) is 3.37. The van der Waals surface area contributed by atoms with Gasteiger partial charge in [0, 0.05) is 0 Å². The second kappa shape index (κ2) is 4.11. The van der Waals surface area contributed by atoms with Gasteiger partial charge in [0.2, 0.25) is 0 Å². The minimum Gasteiger partial charge on any atom is -0.0825 e. The van der Waals surface area contributed by atoms with Gasteiger partial charge >= 0.3 is 0 Å². The Labute approximate surface area is 77.1 Å². The van der Waals surface area contributed by atoms with Gasteiger partial charge in [-0.15, -0.1) is 0 Å². The van der Waals surface area contributed by atoms with E-state index in [2.05, 4.69) is 33.8 Å². The Balaban J connectivity index is 2.51. The van der Waals surface area contributed by atoms with Gasteiger partial charge in [0.1, 0.15) is 0 Å². The van der Waals surface area contributed by atoms with Crippen molar-refractivity contribution >= 4 is 0 Å². The van der Waals surface area contributed by atoms with Gasteiger partial charge in [-0.05, 0) is 43.9 Å². The Hall–Kier alpha value is -0.260. The van der Waals surface area contributed by atoms with Crippen LogP contribution in [0.1, 0.15) is 47.0 Å². The molecule has 0 aromatic heterocycles. The van der Waals surface area contributed by atoms with E-state index in [4.69, 9.17) is 0 Å². The van der Waals surface area contributed by atoms with E-state index in [-0.39, 0.29) is 0 Å². The van der Waals surface area contributed by atoms with Gasteiger partial charge < -0.3 is 0 Å². The molecule has 0 aliphatic heterocycles. The summed E-state index contributed by atoms with van der Waals surface area (Å²) in [5, 5.41) is 0. The first kappa shape index (κ1) is 9.83. The van der Waals surface area contributed by atoms with Crippen molar-refractivity contribution in [3.63, 3.8) is 0 Å². The fourth-order valence-corrected chi connectivity index (χ4v) is 2.23.